The highest BCUT2D eigenvalue weighted by Crippen LogP contribution is 2.40. The second-order valence-corrected chi connectivity index (χ2v) is 8.00. The molecular weight excluding hydrogens is 330 g/mol. The van der Waals surface area contributed by atoms with Gasteiger partial charge in [-0.15, -0.1) is 5.10 Å². The van der Waals surface area contributed by atoms with Crippen LogP contribution in [0.5, 0.6) is 0 Å². The summed E-state index contributed by atoms with van der Waals surface area (Å²) in [6, 6.07) is 2.08. The van der Waals surface area contributed by atoms with Crippen LogP contribution in [-0.4, -0.2) is 35.1 Å². The monoisotopic (exact) mass is 355 g/mol. The van der Waals surface area contributed by atoms with Crippen LogP contribution in [0.2, 0.25) is 0 Å². The summed E-state index contributed by atoms with van der Waals surface area (Å²) in [6.07, 6.45) is 8.49. The molecule has 1 aliphatic rings. The highest BCUT2D eigenvalue weighted by molar-refractivity contribution is 5.51. The number of aliphatic hydroxyl groups is 1. The van der Waals surface area contributed by atoms with E-state index in [0.717, 1.165) is 22.6 Å². The molecule has 3 heterocycles. The van der Waals surface area contributed by atoms with E-state index in [2.05, 4.69) is 27.6 Å². The van der Waals surface area contributed by atoms with Crippen molar-refractivity contribution in [1.29, 1.82) is 0 Å². The molecule has 1 saturated carbocycles. The maximum Gasteiger partial charge on any atom is 0.142 e. The first kappa shape index (κ1) is 17.2. The van der Waals surface area contributed by atoms with Gasteiger partial charge in [-0.05, 0) is 51.2 Å². The topological polar surface area (TPSA) is 77.5 Å². The normalized spacial score (nSPS) is 15.1. The predicted octanol–water partition coefficient (Wildman–Crippen LogP) is 2.66. The number of hydrogen-bond donors (Lipinski definition) is 1. The Balaban J connectivity index is 1.53. The number of ether oxygens (including phenoxy) is 1. The summed E-state index contributed by atoms with van der Waals surface area (Å²) in [5.74, 6) is 0.635. The Hall–Kier alpha value is -2.25. The molecule has 138 valence electrons. The molecule has 1 N–H and O–H groups in total. The van der Waals surface area contributed by atoms with E-state index in [1.807, 2.05) is 37.6 Å². The van der Waals surface area contributed by atoms with Crippen LogP contribution in [0.4, 0.5) is 0 Å². The molecular formula is C19H25N5O2. The maximum absolute atomic E-state index is 9.69. The van der Waals surface area contributed by atoms with Crippen molar-refractivity contribution in [3.8, 4) is 0 Å². The van der Waals surface area contributed by atoms with Crippen LogP contribution in [0.1, 0.15) is 62.0 Å². The average Bonchev–Trinajstić information content (AvgIpc) is 3.21. The van der Waals surface area contributed by atoms with E-state index in [-0.39, 0.29) is 12.2 Å². The lowest BCUT2D eigenvalue weighted by Crippen LogP contribution is -2.18. The van der Waals surface area contributed by atoms with Gasteiger partial charge < -0.3 is 14.2 Å². The molecule has 7 nitrogen and oxygen atoms in total. The smallest absolute Gasteiger partial charge is 0.142 e. The number of aromatic nitrogens is 5. The number of fused-ring (bicyclic) bond motifs is 1. The minimum atomic E-state index is -0.203. The Morgan fingerprint density at radius 3 is 2.69 bits per heavy atom. The summed E-state index contributed by atoms with van der Waals surface area (Å²) in [6.45, 7) is 7.02. The number of aliphatic hydroxyl groups excluding tert-OH is 1. The summed E-state index contributed by atoms with van der Waals surface area (Å²) < 4.78 is 9.53. The summed E-state index contributed by atoms with van der Waals surface area (Å²) >= 11 is 0. The lowest BCUT2D eigenvalue weighted by atomic mass is 10.1. The molecule has 4 rings (SSSR count). The minimum absolute atomic E-state index is 0.00186. The third kappa shape index (κ3) is 3.78. The van der Waals surface area contributed by atoms with E-state index in [1.54, 1.807) is 4.68 Å². The van der Waals surface area contributed by atoms with E-state index in [0.29, 0.717) is 19.1 Å². The fraction of sp³-hybridized carbons (Fsp3) is 0.526. The van der Waals surface area contributed by atoms with Gasteiger partial charge in [-0.3, -0.25) is 0 Å². The number of hydrogen-bond acceptors (Lipinski definition) is 5. The van der Waals surface area contributed by atoms with Crippen molar-refractivity contribution in [2.75, 3.05) is 0 Å². The first-order chi connectivity index (χ1) is 12.4. The second kappa shape index (κ2) is 6.48. The summed E-state index contributed by atoms with van der Waals surface area (Å²) in [5.41, 5.74) is 4.46. The van der Waals surface area contributed by atoms with Gasteiger partial charge in [0.1, 0.15) is 11.3 Å². The van der Waals surface area contributed by atoms with Gasteiger partial charge in [0.25, 0.3) is 0 Å². The Morgan fingerprint density at radius 1 is 1.19 bits per heavy atom. The van der Waals surface area contributed by atoms with Crippen LogP contribution in [0, 0.1) is 0 Å². The molecule has 0 spiro atoms. The minimum Gasteiger partial charge on any atom is -0.392 e. The number of pyridine rings is 1. The fourth-order valence-electron chi connectivity index (χ4n) is 3.01. The zero-order chi connectivity index (χ0) is 18.3. The average molecular weight is 355 g/mol. The molecule has 0 atom stereocenters. The van der Waals surface area contributed by atoms with Crippen molar-refractivity contribution in [3.05, 3.63) is 47.2 Å². The van der Waals surface area contributed by atoms with E-state index in [4.69, 9.17) is 4.74 Å². The molecule has 1 fully saturated rings. The highest BCUT2D eigenvalue weighted by Gasteiger charge is 2.25. The van der Waals surface area contributed by atoms with E-state index < -0.39 is 0 Å². The SMILES string of the molecule is CC(C)(C)OCc1cn(Cc2cn3cc(C4CC4)cc(CO)c3n2)nn1. The van der Waals surface area contributed by atoms with Gasteiger partial charge in [-0.2, -0.15) is 0 Å². The Bertz CT molecular complexity index is 918. The largest absolute Gasteiger partial charge is 0.392 e. The van der Waals surface area contributed by atoms with Gasteiger partial charge >= 0.3 is 0 Å². The third-order valence-electron chi connectivity index (χ3n) is 4.48. The van der Waals surface area contributed by atoms with Crippen molar-refractivity contribution >= 4 is 5.65 Å². The van der Waals surface area contributed by atoms with Gasteiger partial charge in [0.05, 0.1) is 37.3 Å². The molecule has 0 saturated heterocycles. The first-order valence-electron chi connectivity index (χ1n) is 9.05. The van der Waals surface area contributed by atoms with E-state index in [1.165, 1.54) is 18.4 Å². The van der Waals surface area contributed by atoms with Gasteiger partial charge in [0, 0.05) is 18.0 Å². The van der Waals surface area contributed by atoms with Crippen molar-refractivity contribution < 1.29 is 9.84 Å². The molecule has 7 heteroatoms. The quantitative estimate of drug-likeness (QED) is 0.735. The highest BCUT2D eigenvalue weighted by atomic mass is 16.5. The first-order valence-corrected chi connectivity index (χ1v) is 9.05. The summed E-state index contributed by atoms with van der Waals surface area (Å²) in [5, 5.41) is 18.0. The third-order valence-corrected chi connectivity index (χ3v) is 4.48. The second-order valence-electron chi connectivity index (χ2n) is 8.00. The van der Waals surface area contributed by atoms with Gasteiger partial charge in [0.2, 0.25) is 0 Å². The van der Waals surface area contributed by atoms with Crippen molar-refractivity contribution in [2.45, 2.75) is 64.9 Å². The van der Waals surface area contributed by atoms with E-state index in [9.17, 15) is 5.11 Å². The molecule has 3 aromatic heterocycles. The van der Waals surface area contributed by atoms with Crippen LogP contribution >= 0.6 is 0 Å². The molecule has 26 heavy (non-hydrogen) atoms. The maximum atomic E-state index is 9.69. The molecule has 1 aliphatic carbocycles. The van der Waals surface area contributed by atoms with Crippen LogP contribution < -0.4 is 0 Å². The van der Waals surface area contributed by atoms with Gasteiger partial charge in [-0.25, -0.2) is 9.67 Å². The summed E-state index contributed by atoms with van der Waals surface area (Å²) in [7, 11) is 0. The lowest BCUT2D eigenvalue weighted by molar-refractivity contribution is -0.0165. The van der Waals surface area contributed by atoms with Crippen LogP contribution in [-0.2, 0) is 24.5 Å². The van der Waals surface area contributed by atoms with Crippen LogP contribution in [0.15, 0.2) is 24.7 Å². The molecule has 3 aromatic rings. The number of nitrogens with zero attached hydrogens (tertiary/aromatic N) is 5. The van der Waals surface area contributed by atoms with Crippen LogP contribution in [0.25, 0.3) is 5.65 Å². The van der Waals surface area contributed by atoms with Crippen LogP contribution in [0.3, 0.4) is 0 Å². The van der Waals surface area contributed by atoms with Gasteiger partial charge in [-0.1, -0.05) is 5.21 Å². The van der Waals surface area contributed by atoms with Crippen molar-refractivity contribution in [1.82, 2.24) is 24.4 Å². The Kier molecular flexibility index (Phi) is 4.28. The predicted molar refractivity (Wildman–Crippen MR) is 96.8 cm³/mol. The summed E-state index contributed by atoms with van der Waals surface area (Å²) in [4.78, 5) is 4.68. The lowest BCUT2D eigenvalue weighted by Gasteiger charge is -2.18. The zero-order valence-electron chi connectivity index (χ0n) is 15.5. The molecule has 0 aliphatic heterocycles. The van der Waals surface area contributed by atoms with Crippen molar-refractivity contribution in [2.24, 2.45) is 0 Å². The molecule has 0 amide bonds. The van der Waals surface area contributed by atoms with Gasteiger partial charge in [0.15, 0.2) is 0 Å². The molecule has 0 radical (unpaired) electrons. The zero-order valence-corrected chi connectivity index (χ0v) is 15.5. The fourth-order valence-corrected chi connectivity index (χ4v) is 3.01. The molecule has 0 aromatic carbocycles. The standard InChI is InChI=1S/C19H25N5O2/c1-19(2,3)26-12-17-10-24(22-21-17)9-16-8-23-7-14(13-4-5-13)6-15(11-25)18(23)20-16/h6-8,10,13,25H,4-5,9,11-12H2,1-3H3. The molecule has 0 unspecified atom stereocenters. The van der Waals surface area contributed by atoms with Crippen molar-refractivity contribution in [3.63, 3.8) is 0 Å². The number of rotatable bonds is 6. The molecule has 0 bridgehead atoms. The van der Waals surface area contributed by atoms with E-state index >= 15 is 0 Å². The Morgan fingerprint density at radius 2 is 2.00 bits per heavy atom. The Labute approximate surface area is 152 Å². The number of imidazole rings is 1.